The van der Waals surface area contributed by atoms with Gasteiger partial charge in [-0.2, -0.15) is 0 Å². The third-order valence-corrected chi connectivity index (χ3v) is 5.38. The van der Waals surface area contributed by atoms with Gasteiger partial charge < -0.3 is 14.5 Å². The van der Waals surface area contributed by atoms with E-state index in [2.05, 4.69) is 34.1 Å². The van der Waals surface area contributed by atoms with Gasteiger partial charge in [-0.25, -0.2) is 9.97 Å². The number of pyridine rings is 3. The molecule has 0 atom stereocenters. The fourth-order valence-corrected chi connectivity index (χ4v) is 3.54. The predicted octanol–water partition coefficient (Wildman–Crippen LogP) is 3.85. The van der Waals surface area contributed by atoms with Crippen LogP contribution in [0.5, 0.6) is 0 Å². The number of rotatable bonds is 5. The molecule has 0 aliphatic carbocycles. The third-order valence-electron chi connectivity index (χ3n) is 5.38. The lowest BCUT2D eigenvalue weighted by molar-refractivity contribution is 0.102. The molecule has 0 aromatic carbocycles. The van der Waals surface area contributed by atoms with Gasteiger partial charge in [-0.15, -0.1) is 0 Å². The van der Waals surface area contributed by atoms with Crippen LogP contribution in [-0.4, -0.2) is 30.0 Å². The second kappa shape index (κ2) is 8.58. The van der Waals surface area contributed by atoms with Crippen molar-refractivity contribution in [2.75, 3.05) is 5.32 Å². The summed E-state index contributed by atoms with van der Waals surface area (Å²) in [5, 5.41) is 2.76. The van der Waals surface area contributed by atoms with Crippen molar-refractivity contribution >= 4 is 11.7 Å². The Bertz CT molecular complexity index is 1340. The van der Waals surface area contributed by atoms with E-state index in [-0.39, 0.29) is 17.2 Å². The minimum absolute atomic E-state index is 0.0350. The highest BCUT2D eigenvalue weighted by molar-refractivity contribution is 6.04. The average Bonchev–Trinajstić information content (AvgIpc) is 3.29. The molecule has 0 saturated heterocycles. The summed E-state index contributed by atoms with van der Waals surface area (Å²) >= 11 is 0. The van der Waals surface area contributed by atoms with Gasteiger partial charge in [0.25, 0.3) is 11.5 Å². The van der Waals surface area contributed by atoms with Crippen molar-refractivity contribution in [3.05, 3.63) is 82.8 Å². The van der Waals surface area contributed by atoms with Crippen molar-refractivity contribution in [3.63, 3.8) is 0 Å². The number of hydrogen-bond acceptors (Lipinski definition) is 5. The standard InChI is InChI=1S/C24H24N6O2/c1-15(2)30-12-11-26-22(30)20-8-5-9-21(27-20)28-23(31)19-13-18(16(3)29(4)24(19)32)17-7-6-10-25-14-17/h5-15H,1-4H3,(H,27,28,31). The highest BCUT2D eigenvalue weighted by Crippen LogP contribution is 2.23. The molecule has 162 valence electrons. The van der Waals surface area contributed by atoms with Crippen molar-refractivity contribution in [1.82, 2.24) is 24.1 Å². The first kappa shape index (κ1) is 21.2. The van der Waals surface area contributed by atoms with Crippen LogP contribution in [0.25, 0.3) is 22.6 Å². The van der Waals surface area contributed by atoms with Gasteiger partial charge in [-0.05, 0) is 45.0 Å². The van der Waals surface area contributed by atoms with Gasteiger partial charge in [-0.3, -0.25) is 14.6 Å². The van der Waals surface area contributed by atoms with E-state index in [0.29, 0.717) is 17.3 Å². The first-order valence-electron chi connectivity index (χ1n) is 10.3. The lowest BCUT2D eigenvalue weighted by atomic mass is 10.0. The summed E-state index contributed by atoms with van der Waals surface area (Å²) in [7, 11) is 1.65. The van der Waals surface area contributed by atoms with Crippen LogP contribution < -0.4 is 10.9 Å². The van der Waals surface area contributed by atoms with Gasteiger partial charge in [0.05, 0.1) is 0 Å². The molecular formula is C24H24N6O2. The van der Waals surface area contributed by atoms with E-state index in [0.717, 1.165) is 16.8 Å². The highest BCUT2D eigenvalue weighted by atomic mass is 16.2. The minimum Gasteiger partial charge on any atom is -0.327 e. The monoisotopic (exact) mass is 428 g/mol. The molecule has 8 nitrogen and oxygen atoms in total. The highest BCUT2D eigenvalue weighted by Gasteiger charge is 2.18. The summed E-state index contributed by atoms with van der Waals surface area (Å²) in [6.07, 6.45) is 7.00. The lowest BCUT2D eigenvalue weighted by Crippen LogP contribution is -2.29. The van der Waals surface area contributed by atoms with Crippen molar-refractivity contribution < 1.29 is 4.79 Å². The predicted molar refractivity (Wildman–Crippen MR) is 123 cm³/mol. The van der Waals surface area contributed by atoms with Crippen molar-refractivity contribution in [2.45, 2.75) is 26.8 Å². The SMILES string of the molecule is Cc1c(-c2cccnc2)cc(C(=O)Nc2cccc(-c3nccn3C(C)C)n2)c(=O)n1C. The zero-order valence-electron chi connectivity index (χ0n) is 18.4. The molecule has 4 aromatic rings. The van der Waals surface area contributed by atoms with E-state index in [9.17, 15) is 9.59 Å². The summed E-state index contributed by atoms with van der Waals surface area (Å²) in [5.41, 5.74) is 2.64. The summed E-state index contributed by atoms with van der Waals surface area (Å²) in [4.78, 5) is 39.0. The molecule has 4 rings (SSSR count). The summed E-state index contributed by atoms with van der Waals surface area (Å²) in [6.45, 7) is 5.96. The quantitative estimate of drug-likeness (QED) is 0.521. The van der Waals surface area contributed by atoms with Crippen molar-refractivity contribution in [3.8, 4) is 22.6 Å². The summed E-state index contributed by atoms with van der Waals surface area (Å²) in [6, 6.07) is 10.9. The van der Waals surface area contributed by atoms with Crippen LogP contribution in [0.1, 0.15) is 35.9 Å². The molecule has 4 heterocycles. The largest absolute Gasteiger partial charge is 0.327 e. The number of anilines is 1. The smallest absolute Gasteiger partial charge is 0.263 e. The molecule has 4 aromatic heterocycles. The Morgan fingerprint density at radius 3 is 2.66 bits per heavy atom. The second-order valence-electron chi connectivity index (χ2n) is 7.78. The zero-order valence-corrected chi connectivity index (χ0v) is 18.4. The number of imidazole rings is 1. The number of nitrogens with one attached hydrogen (secondary N) is 1. The second-order valence-corrected chi connectivity index (χ2v) is 7.78. The van der Waals surface area contributed by atoms with E-state index >= 15 is 0 Å². The molecule has 0 spiro atoms. The number of carbonyl (C=O) groups is 1. The summed E-state index contributed by atoms with van der Waals surface area (Å²) in [5.74, 6) is 0.533. The lowest BCUT2D eigenvalue weighted by Gasteiger charge is -2.14. The molecule has 0 radical (unpaired) electrons. The van der Waals surface area contributed by atoms with Crippen LogP contribution in [0.2, 0.25) is 0 Å². The Labute approximate surface area is 185 Å². The van der Waals surface area contributed by atoms with Crippen LogP contribution >= 0.6 is 0 Å². The van der Waals surface area contributed by atoms with E-state index < -0.39 is 5.91 Å². The first-order chi connectivity index (χ1) is 15.4. The summed E-state index contributed by atoms with van der Waals surface area (Å²) < 4.78 is 3.48. The van der Waals surface area contributed by atoms with Gasteiger partial charge in [0, 0.05) is 54.7 Å². The molecule has 32 heavy (non-hydrogen) atoms. The number of hydrogen-bond donors (Lipinski definition) is 1. The maximum absolute atomic E-state index is 13.1. The number of aromatic nitrogens is 5. The van der Waals surface area contributed by atoms with Gasteiger partial charge in [0.1, 0.15) is 17.1 Å². The van der Waals surface area contributed by atoms with Gasteiger partial charge in [0.2, 0.25) is 0 Å². The van der Waals surface area contributed by atoms with E-state index in [1.165, 1.54) is 4.57 Å². The van der Waals surface area contributed by atoms with Crippen molar-refractivity contribution in [1.29, 1.82) is 0 Å². The van der Waals surface area contributed by atoms with Gasteiger partial charge >= 0.3 is 0 Å². The molecule has 1 N–H and O–H groups in total. The molecule has 0 aliphatic rings. The molecule has 1 amide bonds. The molecule has 8 heteroatoms. The molecule has 0 fully saturated rings. The van der Waals surface area contributed by atoms with E-state index in [1.54, 1.807) is 43.8 Å². The molecule has 0 saturated carbocycles. The van der Waals surface area contributed by atoms with Crippen LogP contribution in [0.4, 0.5) is 5.82 Å². The Morgan fingerprint density at radius 2 is 1.94 bits per heavy atom. The molecule has 0 bridgehead atoms. The Kier molecular flexibility index (Phi) is 5.68. The van der Waals surface area contributed by atoms with E-state index in [4.69, 9.17) is 0 Å². The Balaban J connectivity index is 1.69. The Morgan fingerprint density at radius 1 is 1.12 bits per heavy atom. The van der Waals surface area contributed by atoms with Crippen LogP contribution in [0.3, 0.4) is 0 Å². The van der Waals surface area contributed by atoms with Crippen LogP contribution in [0.15, 0.2) is 66.0 Å². The third kappa shape index (κ3) is 3.94. The number of nitrogens with zero attached hydrogens (tertiary/aromatic N) is 5. The normalized spacial score (nSPS) is 11.0. The molecule has 0 aliphatic heterocycles. The fourth-order valence-electron chi connectivity index (χ4n) is 3.54. The van der Waals surface area contributed by atoms with Crippen molar-refractivity contribution in [2.24, 2.45) is 7.05 Å². The fraction of sp³-hybridized carbons (Fsp3) is 0.208. The number of amides is 1. The average molecular weight is 428 g/mol. The molecular weight excluding hydrogens is 404 g/mol. The molecule has 0 unspecified atom stereocenters. The maximum Gasteiger partial charge on any atom is 0.263 e. The number of carbonyl (C=O) groups excluding carboxylic acids is 1. The van der Waals surface area contributed by atoms with Crippen LogP contribution in [0, 0.1) is 6.92 Å². The first-order valence-corrected chi connectivity index (χ1v) is 10.3. The Hall–Kier alpha value is -4.07. The maximum atomic E-state index is 13.1. The van der Waals surface area contributed by atoms with Gasteiger partial charge in [0.15, 0.2) is 5.82 Å². The van der Waals surface area contributed by atoms with Gasteiger partial charge in [-0.1, -0.05) is 12.1 Å². The van der Waals surface area contributed by atoms with E-state index in [1.807, 2.05) is 35.9 Å². The topological polar surface area (TPSA) is 94.7 Å². The zero-order chi connectivity index (χ0) is 22.8. The minimum atomic E-state index is -0.521. The van der Waals surface area contributed by atoms with Crippen LogP contribution in [-0.2, 0) is 7.05 Å².